The van der Waals surface area contributed by atoms with Crippen molar-refractivity contribution in [3.05, 3.63) is 71.3 Å². The molecule has 28 heavy (non-hydrogen) atoms. The van der Waals surface area contributed by atoms with Crippen LogP contribution in [0.1, 0.15) is 53.8 Å². The van der Waals surface area contributed by atoms with Crippen LogP contribution in [-0.4, -0.2) is 25.8 Å². The SMILES string of the molecule is C#CCCn1nc(C(C)C)nc1Cc1ccc(-c2ccccc2C(=O)O)cc1. The monoisotopic (exact) mass is 373 g/mol. The summed E-state index contributed by atoms with van der Waals surface area (Å²) < 4.78 is 1.89. The number of carbonyl (C=O) groups is 1. The van der Waals surface area contributed by atoms with E-state index in [9.17, 15) is 9.90 Å². The molecule has 2 aromatic carbocycles. The average Bonchev–Trinajstić information content (AvgIpc) is 3.10. The molecule has 0 radical (unpaired) electrons. The molecule has 5 nitrogen and oxygen atoms in total. The van der Waals surface area contributed by atoms with Crippen LogP contribution >= 0.6 is 0 Å². The van der Waals surface area contributed by atoms with E-state index in [1.807, 2.05) is 41.1 Å². The van der Waals surface area contributed by atoms with E-state index in [2.05, 4.69) is 29.9 Å². The Bertz CT molecular complexity index is 1010. The number of carboxylic acids is 1. The van der Waals surface area contributed by atoms with Crippen molar-refractivity contribution in [1.29, 1.82) is 0 Å². The van der Waals surface area contributed by atoms with E-state index in [-0.39, 0.29) is 5.92 Å². The Morgan fingerprint density at radius 2 is 1.89 bits per heavy atom. The first kappa shape index (κ1) is 19.4. The van der Waals surface area contributed by atoms with Gasteiger partial charge in [0.25, 0.3) is 0 Å². The van der Waals surface area contributed by atoms with Crippen molar-refractivity contribution in [3.63, 3.8) is 0 Å². The molecule has 0 spiro atoms. The maximum Gasteiger partial charge on any atom is 0.336 e. The van der Waals surface area contributed by atoms with Gasteiger partial charge in [0.05, 0.1) is 12.1 Å². The second-order valence-corrected chi connectivity index (χ2v) is 6.94. The van der Waals surface area contributed by atoms with Gasteiger partial charge in [-0.25, -0.2) is 14.5 Å². The van der Waals surface area contributed by atoms with E-state index in [4.69, 9.17) is 6.42 Å². The summed E-state index contributed by atoms with van der Waals surface area (Å²) in [6.45, 7) is 4.79. The number of rotatable bonds is 7. The third kappa shape index (κ3) is 4.29. The van der Waals surface area contributed by atoms with Crippen LogP contribution in [0.2, 0.25) is 0 Å². The number of hydrogen-bond donors (Lipinski definition) is 1. The summed E-state index contributed by atoms with van der Waals surface area (Å²) in [5.74, 6) is 3.68. The Kier molecular flexibility index (Phi) is 5.90. The highest BCUT2D eigenvalue weighted by Crippen LogP contribution is 2.25. The van der Waals surface area contributed by atoms with Gasteiger partial charge in [-0.1, -0.05) is 56.3 Å². The maximum absolute atomic E-state index is 11.5. The summed E-state index contributed by atoms with van der Waals surface area (Å²) in [6.07, 6.45) is 6.65. The minimum atomic E-state index is -0.928. The molecule has 0 saturated carbocycles. The first-order valence-corrected chi connectivity index (χ1v) is 9.28. The van der Waals surface area contributed by atoms with Crippen LogP contribution in [0.3, 0.4) is 0 Å². The van der Waals surface area contributed by atoms with Gasteiger partial charge in [0.1, 0.15) is 5.82 Å². The van der Waals surface area contributed by atoms with Crippen LogP contribution in [0.15, 0.2) is 48.5 Å². The van der Waals surface area contributed by atoms with E-state index >= 15 is 0 Å². The summed E-state index contributed by atoms with van der Waals surface area (Å²) in [5.41, 5.74) is 2.96. The van der Waals surface area contributed by atoms with Crippen molar-refractivity contribution < 1.29 is 9.90 Å². The lowest BCUT2D eigenvalue weighted by atomic mass is 9.98. The minimum Gasteiger partial charge on any atom is -0.478 e. The highest BCUT2D eigenvalue weighted by Gasteiger charge is 2.14. The number of hydrogen-bond acceptors (Lipinski definition) is 3. The Labute approximate surface area is 165 Å². The zero-order valence-corrected chi connectivity index (χ0v) is 16.1. The molecule has 0 saturated heterocycles. The van der Waals surface area contributed by atoms with Gasteiger partial charge < -0.3 is 5.11 Å². The molecule has 0 bridgehead atoms. The van der Waals surface area contributed by atoms with Gasteiger partial charge in [-0.15, -0.1) is 12.3 Å². The van der Waals surface area contributed by atoms with Crippen LogP contribution in [0, 0.1) is 12.3 Å². The van der Waals surface area contributed by atoms with Gasteiger partial charge in [0.2, 0.25) is 0 Å². The number of terminal acetylenes is 1. The zero-order valence-electron chi connectivity index (χ0n) is 16.1. The van der Waals surface area contributed by atoms with Crippen molar-refractivity contribution in [2.24, 2.45) is 0 Å². The van der Waals surface area contributed by atoms with Crippen LogP contribution in [0.25, 0.3) is 11.1 Å². The topological polar surface area (TPSA) is 68.0 Å². The largest absolute Gasteiger partial charge is 0.478 e. The molecule has 3 rings (SSSR count). The van der Waals surface area contributed by atoms with Gasteiger partial charge in [0.15, 0.2) is 5.82 Å². The summed E-state index contributed by atoms with van der Waals surface area (Å²) in [4.78, 5) is 16.1. The molecule has 0 aliphatic rings. The Hall–Kier alpha value is -3.39. The molecule has 1 heterocycles. The highest BCUT2D eigenvalue weighted by atomic mass is 16.4. The number of nitrogens with zero attached hydrogens (tertiary/aromatic N) is 3. The summed E-state index contributed by atoms with van der Waals surface area (Å²) in [7, 11) is 0. The second kappa shape index (κ2) is 8.53. The molecule has 1 N–H and O–H groups in total. The standard InChI is InChI=1S/C23H23N3O2/c1-4-5-14-26-21(24-22(25-26)16(2)3)15-17-10-12-18(13-11-17)19-8-6-7-9-20(19)23(27)28/h1,6-13,16H,5,14-15H2,2-3H3,(H,27,28). The first-order chi connectivity index (χ1) is 13.5. The minimum absolute atomic E-state index is 0.251. The molecular formula is C23H23N3O2. The van der Waals surface area contributed by atoms with Crippen LogP contribution < -0.4 is 0 Å². The molecule has 0 aliphatic heterocycles. The fraction of sp³-hybridized carbons (Fsp3) is 0.261. The van der Waals surface area contributed by atoms with E-state index < -0.39 is 5.97 Å². The molecule has 1 aromatic heterocycles. The van der Waals surface area contributed by atoms with E-state index in [1.54, 1.807) is 12.1 Å². The molecule has 142 valence electrons. The molecule has 0 fully saturated rings. The molecule has 5 heteroatoms. The lowest BCUT2D eigenvalue weighted by Gasteiger charge is -2.08. The normalized spacial score (nSPS) is 10.8. The van der Waals surface area contributed by atoms with E-state index in [0.717, 1.165) is 22.8 Å². The Balaban J connectivity index is 1.86. The molecular weight excluding hydrogens is 350 g/mol. The van der Waals surface area contributed by atoms with E-state index in [1.165, 1.54) is 0 Å². The Morgan fingerprint density at radius 3 is 2.54 bits per heavy atom. The average molecular weight is 373 g/mol. The number of aryl methyl sites for hydroxylation is 1. The number of aromatic carboxylic acids is 1. The first-order valence-electron chi connectivity index (χ1n) is 9.28. The van der Waals surface area contributed by atoms with E-state index in [0.29, 0.717) is 30.5 Å². The lowest BCUT2D eigenvalue weighted by Crippen LogP contribution is -2.06. The highest BCUT2D eigenvalue weighted by molar-refractivity contribution is 5.95. The van der Waals surface area contributed by atoms with Gasteiger partial charge in [-0.05, 0) is 22.8 Å². The van der Waals surface area contributed by atoms with Crippen molar-refractivity contribution in [2.75, 3.05) is 0 Å². The van der Waals surface area contributed by atoms with Crippen LogP contribution in [0.4, 0.5) is 0 Å². The smallest absolute Gasteiger partial charge is 0.336 e. The molecule has 0 atom stereocenters. The molecule has 0 amide bonds. The number of aromatic nitrogens is 3. The molecule has 3 aromatic rings. The number of carboxylic acid groups (broad SMARTS) is 1. The van der Waals surface area contributed by atoms with Gasteiger partial charge in [0, 0.05) is 18.8 Å². The van der Waals surface area contributed by atoms with Crippen LogP contribution in [-0.2, 0) is 13.0 Å². The van der Waals surface area contributed by atoms with Gasteiger partial charge in [-0.3, -0.25) is 0 Å². The molecule has 0 aliphatic carbocycles. The molecule has 0 unspecified atom stereocenters. The van der Waals surface area contributed by atoms with Gasteiger partial charge >= 0.3 is 5.97 Å². The third-order valence-electron chi connectivity index (χ3n) is 4.53. The predicted octanol–water partition coefficient (Wildman–Crippen LogP) is 4.38. The van der Waals surface area contributed by atoms with Crippen LogP contribution in [0.5, 0.6) is 0 Å². The quantitative estimate of drug-likeness (QED) is 0.624. The fourth-order valence-corrected chi connectivity index (χ4v) is 3.02. The summed E-state index contributed by atoms with van der Waals surface area (Å²) in [6, 6.07) is 14.9. The van der Waals surface area contributed by atoms with Crippen molar-refractivity contribution in [3.8, 4) is 23.5 Å². The number of benzene rings is 2. The summed E-state index contributed by atoms with van der Waals surface area (Å²) >= 11 is 0. The van der Waals surface area contributed by atoms with Crippen molar-refractivity contribution in [2.45, 2.75) is 39.2 Å². The zero-order chi connectivity index (χ0) is 20.1. The maximum atomic E-state index is 11.5. The second-order valence-electron chi connectivity index (χ2n) is 6.94. The van der Waals surface area contributed by atoms with Crippen molar-refractivity contribution in [1.82, 2.24) is 14.8 Å². The summed E-state index contributed by atoms with van der Waals surface area (Å²) in [5, 5.41) is 14.0. The third-order valence-corrected chi connectivity index (χ3v) is 4.53. The Morgan fingerprint density at radius 1 is 1.18 bits per heavy atom. The lowest BCUT2D eigenvalue weighted by molar-refractivity contribution is 0.0697. The van der Waals surface area contributed by atoms with Gasteiger partial charge in [-0.2, -0.15) is 5.10 Å². The predicted molar refractivity (Wildman–Crippen MR) is 109 cm³/mol. The van der Waals surface area contributed by atoms with Crippen molar-refractivity contribution >= 4 is 5.97 Å². The fourth-order valence-electron chi connectivity index (χ4n) is 3.02.